The molecule has 1 fully saturated rings. The molecule has 24 heavy (non-hydrogen) atoms. The number of aliphatic hydroxyl groups is 1. The Balaban J connectivity index is 2.31. The third kappa shape index (κ3) is 3.93. The number of nitrogens with zero attached hydrogens (tertiary/aromatic N) is 1. The fourth-order valence-electron chi connectivity index (χ4n) is 3.34. The lowest BCUT2D eigenvalue weighted by molar-refractivity contribution is 0.0219. The van der Waals surface area contributed by atoms with Gasteiger partial charge in [0.2, 0.25) is 10.0 Å². The average molecular weight is 358 g/mol. The summed E-state index contributed by atoms with van der Waals surface area (Å²) < 4.78 is 36.9. The maximum atomic E-state index is 14.1. The quantitative estimate of drug-likeness (QED) is 0.833. The highest BCUT2D eigenvalue weighted by Gasteiger charge is 2.36. The van der Waals surface area contributed by atoms with E-state index in [9.17, 15) is 22.7 Å². The molecule has 0 saturated carbocycles. The number of amides is 1. The molecular formula is C16H23FN2O4S. The molecule has 1 heterocycles. The summed E-state index contributed by atoms with van der Waals surface area (Å²) in [6.45, 7) is 2.75. The van der Waals surface area contributed by atoms with Crippen molar-refractivity contribution in [1.29, 1.82) is 0 Å². The van der Waals surface area contributed by atoms with E-state index in [2.05, 4.69) is 0 Å². The third-order valence-electron chi connectivity index (χ3n) is 4.56. The number of likely N-dealkylation sites (tertiary alicyclic amines) is 1. The van der Waals surface area contributed by atoms with Crippen LogP contribution < -0.4 is 5.14 Å². The SMILES string of the molecule is CCCC1(CO)CCCN(C(=O)c2cc(S(N)(=O)=O)ccc2F)C1. The van der Waals surface area contributed by atoms with E-state index in [0.29, 0.717) is 19.5 Å². The van der Waals surface area contributed by atoms with E-state index < -0.39 is 21.7 Å². The Kier molecular flexibility index (Phi) is 5.62. The van der Waals surface area contributed by atoms with Gasteiger partial charge in [0.1, 0.15) is 5.82 Å². The van der Waals surface area contributed by atoms with E-state index in [1.165, 1.54) is 4.90 Å². The largest absolute Gasteiger partial charge is 0.396 e. The highest BCUT2D eigenvalue weighted by Crippen LogP contribution is 2.35. The Labute approximate surface area is 141 Å². The van der Waals surface area contributed by atoms with Gasteiger partial charge in [-0.05, 0) is 37.5 Å². The molecule has 3 N–H and O–H groups in total. The third-order valence-corrected chi connectivity index (χ3v) is 5.47. The molecule has 2 rings (SSSR count). The van der Waals surface area contributed by atoms with Crippen LogP contribution in [-0.4, -0.2) is 44.0 Å². The number of hydrogen-bond acceptors (Lipinski definition) is 4. The molecule has 0 aliphatic carbocycles. The van der Waals surface area contributed by atoms with Crippen molar-refractivity contribution in [3.63, 3.8) is 0 Å². The standard InChI is InChI=1S/C16H23FN2O4S/c1-2-6-16(11-20)7-3-8-19(10-16)15(21)13-9-12(24(18,22)23)4-5-14(13)17/h4-5,9,20H,2-3,6-8,10-11H2,1H3,(H2,18,22,23). The van der Waals surface area contributed by atoms with Crippen LogP contribution in [0.5, 0.6) is 0 Å². The molecule has 1 unspecified atom stereocenters. The zero-order chi connectivity index (χ0) is 18.0. The van der Waals surface area contributed by atoms with Crippen LogP contribution in [0.1, 0.15) is 43.0 Å². The van der Waals surface area contributed by atoms with E-state index in [1.54, 1.807) is 0 Å². The van der Waals surface area contributed by atoms with E-state index in [1.807, 2.05) is 6.92 Å². The molecule has 0 bridgehead atoms. The normalized spacial score (nSPS) is 21.8. The Hall–Kier alpha value is -1.51. The zero-order valence-corrected chi connectivity index (χ0v) is 14.5. The van der Waals surface area contributed by atoms with Crippen LogP contribution >= 0.6 is 0 Å². The molecule has 0 spiro atoms. The average Bonchev–Trinajstić information content (AvgIpc) is 2.54. The number of carbonyl (C=O) groups excluding carboxylic acids is 1. The van der Waals surface area contributed by atoms with Crippen molar-refractivity contribution in [2.24, 2.45) is 10.6 Å². The Morgan fingerprint density at radius 3 is 2.75 bits per heavy atom. The summed E-state index contributed by atoms with van der Waals surface area (Å²) in [6, 6.07) is 2.94. The predicted octanol–water partition coefficient (Wildman–Crippen LogP) is 1.49. The van der Waals surface area contributed by atoms with Gasteiger partial charge in [-0.3, -0.25) is 4.79 Å². The van der Waals surface area contributed by atoms with Crippen molar-refractivity contribution < 1.29 is 22.7 Å². The van der Waals surface area contributed by atoms with Gasteiger partial charge in [-0.15, -0.1) is 0 Å². The minimum Gasteiger partial charge on any atom is -0.396 e. The van der Waals surface area contributed by atoms with Crippen LogP contribution in [0.25, 0.3) is 0 Å². The smallest absolute Gasteiger partial charge is 0.256 e. The first-order chi connectivity index (χ1) is 11.2. The Morgan fingerprint density at radius 2 is 2.17 bits per heavy atom. The monoisotopic (exact) mass is 358 g/mol. The van der Waals surface area contributed by atoms with Gasteiger partial charge in [-0.1, -0.05) is 13.3 Å². The molecule has 1 aromatic carbocycles. The van der Waals surface area contributed by atoms with Crippen LogP contribution in [-0.2, 0) is 10.0 Å². The molecule has 1 saturated heterocycles. The number of primary sulfonamides is 1. The van der Waals surface area contributed by atoms with E-state index >= 15 is 0 Å². The van der Waals surface area contributed by atoms with E-state index in [4.69, 9.17) is 5.14 Å². The van der Waals surface area contributed by atoms with E-state index in [0.717, 1.165) is 37.5 Å². The first kappa shape index (κ1) is 18.8. The maximum absolute atomic E-state index is 14.1. The second-order valence-electron chi connectivity index (χ2n) is 6.43. The topological polar surface area (TPSA) is 101 Å². The number of benzene rings is 1. The summed E-state index contributed by atoms with van der Waals surface area (Å²) in [6.07, 6.45) is 3.16. The van der Waals surface area contributed by atoms with Crippen molar-refractivity contribution in [2.75, 3.05) is 19.7 Å². The van der Waals surface area contributed by atoms with Gasteiger partial charge in [-0.25, -0.2) is 17.9 Å². The summed E-state index contributed by atoms with van der Waals surface area (Å²) in [4.78, 5) is 13.9. The lowest BCUT2D eigenvalue weighted by Crippen LogP contribution is -2.48. The van der Waals surface area contributed by atoms with Gasteiger partial charge in [0, 0.05) is 18.5 Å². The molecule has 1 aromatic rings. The number of piperidine rings is 1. The Bertz CT molecular complexity index is 719. The molecule has 8 heteroatoms. The van der Waals surface area contributed by atoms with Crippen molar-refractivity contribution >= 4 is 15.9 Å². The summed E-state index contributed by atoms with van der Waals surface area (Å²) in [5, 5.41) is 14.8. The molecule has 134 valence electrons. The van der Waals surface area contributed by atoms with Crippen LogP contribution in [0.2, 0.25) is 0 Å². The van der Waals surface area contributed by atoms with Gasteiger partial charge in [0.05, 0.1) is 17.1 Å². The van der Waals surface area contributed by atoms with Crippen molar-refractivity contribution in [1.82, 2.24) is 4.90 Å². The molecule has 1 aliphatic rings. The second kappa shape index (κ2) is 7.16. The van der Waals surface area contributed by atoms with Gasteiger partial charge in [-0.2, -0.15) is 0 Å². The molecule has 1 amide bonds. The summed E-state index contributed by atoms with van der Waals surface area (Å²) in [5.74, 6) is -1.37. The van der Waals surface area contributed by atoms with Crippen LogP contribution in [0.3, 0.4) is 0 Å². The number of hydrogen-bond donors (Lipinski definition) is 2. The zero-order valence-electron chi connectivity index (χ0n) is 13.7. The molecule has 0 radical (unpaired) electrons. The lowest BCUT2D eigenvalue weighted by Gasteiger charge is -2.42. The van der Waals surface area contributed by atoms with Gasteiger partial charge in [0.15, 0.2) is 0 Å². The van der Waals surface area contributed by atoms with Crippen LogP contribution in [0, 0.1) is 11.2 Å². The van der Waals surface area contributed by atoms with Gasteiger partial charge in [0.25, 0.3) is 5.91 Å². The van der Waals surface area contributed by atoms with Gasteiger partial charge < -0.3 is 10.0 Å². The molecular weight excluding hydrogens is 335 g/mol. The van der Waals surface area contributed by atoms with Crippen molar-refractivity contribution in [3.8, 4) is 0 Å². The number of carbonyl (C=O) groups is 1. The molecule has 0 aromatic heterocycles. The van der Waals surface area contributed by atoms with Gasteiger partial charge >= 0.3 is 0 Å². The number of aliphatic hydroxyl groups excluding tert-OH is 1. The second-order valence-corrected chi connectivity index (χ2v) is 7.99. The first-order valence-electron chi connectivity index (χ1n) is 7.95. The molecule has 1 aliphatic heterocycles. The molecule has 1 atom stereocenters. The minimum absolute atomic E-state index is 0.0374. The van der Waals surface area contributed by atoms with Crippen molar-refractivity contribution in [2.45, 2.75) is 37.5 Å². The first-order valence-corrected chi connectivity index (χ1v) is 9.49. The summed E-state index contributed by atoms with van der Waals surface area (Å²) in [7, 11) is -4.02. The fourth-order valence-corrected chi connectivity index (χ4v) is 3.88. The highest BCUT2D eigenvalue weighted by molar-refractivity contribution is 7.89. The predicted molar refractivity (Wildman–Crippen MR) is 87.3 cm³/mol. The van der Waals surface area contributed by atoms with Crippen molar-refractivity contribution in [3.05, 3.63) is 29.6 Å². The fraction of sp³-hybridized carbons (Fsp3) is 0.562. The Morgan fingerprint density at radius 1 is 1.46 bits per heavy atom. The number of nitrogens with two attached hydrogens (primary N) is 1. The number of halogens is 1. The highest BCUT2D eigenvalue weighted by atomic mass is 32.2. The minimum atomic E-state index is -4.02. The number of sulfonamides is 1. The molecule has 6 nitrogen and oxygen atoms in total. The maximum Gasteiger partial charge on any atom is 0.256 e. The summed E-state index contributed by atoms with van der Waals surface area (Å²) in [5.41, 5.74) is -0.691. The number of rotatable bonds is 5. The summed E-state index contributed by atoms with van der Waals surface area (Å²) >= 11 is 0. The van der Waals surface area contributed by atoms with E-state index in [-0.39, 0.29) is 22.5 Å². The van der Waals surface area contributed by atoms with Crippen LogP contribution in [0.15, 0.2) is 23.1 Å². The van der Waals surface area contributed by atoms with Crippen LogP contribution in [0.4, 0.5) is 4.39 Å². The lowest BCUT2D eigenvalue weighted by atomic mass is 9.77.